The first-order valence-corrected chi connectivity index (χ1v) is 3.79. The maximum atomic E-state index is 11.0. The summed E-state index contributed by atoms with van der Waals surface area (Å²) in [6.07, 6.45) is -0.845. The summed E-state index contributed by atoms with van der Waals surface area (Å²) in [6.45, 7) is 1.86. The second kappa shape index (κ2) is 3.53. The summed E-state index contributed by atoms with van der Waals surface area (Å²) < 4.78 is 5.05. The van der Waals surface area contributed by atoms with Crippen LogP contribution < -0.4 is 5.32 Å². The van der Waals surface area contributed by atoms with Gasteiger partial charge in [0.05, 0.1) is 6.10 Å². The van der Waals surface area contributed by atoms with Crippen LogP contribution in [-0.4, -0.2) is 35.7 Å². The van der Waals surface area contributed by atoms with Crippen molar-refractivity contribution in [1.82, 2.24) is 5.32 Å². The molecule has 0 aromatic rings. The lowest BCUT2D eigenvalue weighted by Gasteiger charge is -2.14. The monoisotopic (exact) mass is 173 g/mol. The molecular formula is C7H11NO4. The third-order valence-electron chi connectivity index (χ3n) is 1.84. The van der Waals surface area contributed by atoms with E-state index in [0.29, 0.717) is 6.42 Å². The molecule has 0 spiro atoms. The molecule has 12 heavy (non-hydrogen) atoms. The Kier molecular flexibility index (Phi) is 2.65. The molecule has 5 nitrogen and oxygen atoms in total. The van der Waals surface area contributed by atoms with Crippen LogP contribution in [0.15, 0.2) is 0 Å². The molecule has 1 amide bonds. The molecule has 0 bridgehead atoms. The fraction of sp³-hybridized carbons (Fsp3) is 0.714. The summed E-state index contributed by atoms with van der Waals surface area (Å²) in [5, 5.41) is 10.5. The van der Waals surface area contributed by atoms with Crippen LogP contribution in [0.4, 0.5) is 4.79 Å². The normalized spacial score (nSPS) is 28.9. The summed E-state index contributed by atoms with van der Waals surface area (Å²) in [5.74, 6) is -0.191. The maximum absolute atomic E-state index is 11.0. The van der Waals surface area contributed by atoms with Gasteiger partial charge in [-0.25, -0.2) is 4.79 Å². The number of nitrogens with one attached hydrogen (secondary N) is 1. The standard InChI is InChI=1S/C7H11NO4/c1-2-5-6(8-7(10)11)4(9)3-12-5/h5-6,8H,2-3H2,1H3,(H,10,11)/t5-,6+/m0/s1. The van der Waals surface area contributed by atoms with E-state index in [1.54, 1.807) is 0 Å². The number of ketones is 1. The Morgan fingerprint density at radius 3 is 3.00 bits per heavy atom. The van der Waals surface area contributed by atoms with Gasteiger partial charge in [-0.1, -0.05) is 6.92 Å². The lowest BCUT2D eigenvalue weighted by atomic mass is 10.1. The van der Waals surface area contributed by atoms with E-state index in [1.165, 1.54) is 0 Å². The Labute approximate surface area is 69.7 Å². The SMILES string of the molecule is CC[C@@H]1OCC(=O)[C@H]1NC(=O)O. The predicted octanol–water partition coefficient (Wildman–Crippen LogP) is 0.000500. The fourth-order valence-corrected chi connectivity index (χ4v) is 1.24. The van der Waals surface area contributed by atoms with Gasteiger partial charge < -0.3 is 15.2 Å². The second-order valence-corrected chi connectivity index (χ2v) is 2.65. The zero-order chi connectivity index (χ0) is 9.14. The molecule has 1 heterocycles. The van der Waals surface area contributed by atoms with Gasteiger partial charge in [-0.15, -0.1) is 0 Å². The Morgan fingerprint density at radius 1 is 1.83 bits per heavy atom. The zero-order valence-electron chi connectivity index (χ0n) is 6.74. The molecular weight excluding hydrogens is 162 g/mol. The van der Waals surface area contributed by atoms with Gasteiger partial charge in [-0.05, 0) is 6.42 Å². The van der Waals surface area contributed by atoms with E-state index in [2.05, 4.69) is 5.32 Å². The van der Waals surface area contributed by atoms with E-state index in [0.717, 1.165) is 0 Å². The van der Waals surface area contributed by atoms with Crippen molar-refractivity contribution < 1.29 is 19.4 Å². The molecule has 1 aliphatic rings. The van der Waals surface area contributed by atoms with E-state index in [-0.39, 0.29) is 18.5 Å². The first kappa shape index (κ1) is 8.99. The second-order valence-electron chi connectivity index (χ2n) is 2.65. The van der Waals surface area contributed by atoms with Crippen LogP contribution in [-0.2, 0) is 9.53 Å². The molecule has 0 unspecified atom stereocenters. The van der Waals surface area contributed by atoms with E-state index in [9.17, 15) is 9.59 Å². The number of carbonyl (C=O) groups excluding carboxylic acids is 1. The fourth-order valence-electron chi connectivity index (χ4n) is 1.24. The van der Waals surface area contributed by atoms with Crippen LogP contribution in [0.25, 0.3) is 0 Å². The molecule has 68 valence electrons. The molecule has 0 aromatic carbocycles. The van der Waals surface area contributed by atoms with Crippen LogP contribution in [0.5, 0.6) is 0 Å². The Hall–Kier alpha value is -1.10. The number of carboxylic acid groups (broad SMARTS) is 1. The lowest BCUT2D eigenvalue weighted by molar-refractivity contribution is -0.119. The molecule has 1 rings (SSSR count). The molecule has 0 aromatic heterocycles. The largest absolute Gasteiger partial charge is 0.465 e. The number of rotatable bonds is 2. The van der Waals surface area contributed by atoms with Gasteiger partial charge in [0, 0.05) is 0 Å². The summed E-state index contributed by atoms with van der Waals surface area (Å²) in [5.41, 5.74) is 0. The zero-order valence-corrected chi connectivity index (χ0v) is 6.74. The molecule has 1 aliphatic heterocycles. The molecule has 0 saturated carbocycles. The molecule has 1 fully saturated rings. The Bertz CT molecular complexity index is 204. The van der Waals surface area contributed by atoms with Crippen molar-refractivity contribution >= 4 is 11.9 Å². The third kappa shape index (κ3) is 1.73. The molecule has 2 atom stereocenters. The molecule has 0 radical (unpaired) electrons. The number of amides is 1. The van der Waals surface area contributed by atoms with Gasteiger partial charge in [-0.3, -0.25) is 4.79 Å². The van der Waals surface area contributed by atoms with Crippen molar-refractivity contribution in [2.24, 2.45) is 0 Å². The first-order valence-electron chi connectivity index (χ1n) is 3.79. The van der Waals surface area contributed by atoms with Crippen LogP contribution in [0.2, 0.25) is 0 Å². The third-order valence-corrected chi connectivity index (χ3v) is 1.84. The topological polar surface area (TPSA) is 75.6 Å². The van der Waals surface area contributed by atoms with Crippen LogP contribution in [0.3, 0.4) is 0 Å². The molecule has 5 heteroatoms. The van der Waals surface area contributed by atoms with Crippen LogP contribution in [0, 0.1) is 0 Å². The lowest BCUT2D eigenvalue weighted by Crippen LogP contribution is -2.43. The number of ether oxygens (including phenoxy) is 1. The summed E-state index contributed by atoms with van der Waals surface area (Å²) in [4.78, 5) is 21.3. The average Bonchev–Trinajstić information content (AvgIpc) is 2.32. The minimum atomic E-state index is -1.18. The van der Waals surface area contributed by atoms with Crippen molar-refractivity contribution in [3.63, 3.8) is 0 Å². The minimum Gasteiger partial charge on any atom is -0.465 e. The summed E-state index contributed by atoms with van der Waals surface area (Å²) in [6, 6.07) is -0.674. The molecule has 0 aliphatic carbocycles. The van der Waals surface area contributed by atoms with E-state index >= 15 is 0 Å². The minimum absolute atomic E-state index is 0.0173. The highest BCUT2D eigenvalue weighted by atomic mass is 16.5. The summed E-state index contributed by atoms with van der Waals surface area (Å²) in [7, 11) is 0. The van der Waals surface area contributed by atoms with Crippen molar-refractivity contribution in [2.45, 2.75) is 25.5 Å². The van der Waals surface area contributed by atoms with Gasteiger partial charge in [-0.2, -0.15) is 0 Å². The quantitative estimate of drug-likeness (QED) is 0.616. The van der Waals surface area contributed by atoms with E-state index < -0.39 is 12.1 Å². The maximum Gasteiger partial charge on any atom is 0.405 e. The van der Waals surface area contributed by atoms with E-state index in [1.807, 2.05) is 6.92 Å². The number of hydrogen-bond acceptors (Lipinski definition) is 3. The van der Waals surface area contributed by atoms with Gasteiger partial charge in [0.25, 0.3) is 0 Å². The Balaban J connectivity index is 2.57. The Morgan fingerprint density at radius 2 is 2.50 bits per heavy atom. The number of hydrogen-bond donors (Lipinski definition) is 2. The van der Waals surface area contributed by atoms with Crippen LogP contribution in [0.1, 0.15) is 13.3 Å². The number of Topliss-reactive ketones (excluding diaryl/α,β-unsaturated/α-hetero) is 1. The van der Waals surface area contributed by atoms with Gasteiger partial charge in [0.2, 0.25) is 0 Å². The predicted molar refractivity (Wildman–Crippen MR) is 40.0 cm³/mol. The molecule has 1 saturated heterocycles. The first-order chi connectivity index (χ1) is 5.65. The highest BCUT2D eigenvalue weighted by molar-refractivity contribution is 5.90. The molecule has 2 N–H and O–H groups in total. The highest BCUT2D eigenvalue weighted by Crippen LogP contribution is 2.13. The highest BCUT2D eigenvalue weighted by Gasteiger charge is 2.35. The van der Waals surface area contributed by atoms with Crippen molar-refractivity contribution in [3.8, 4) is 0 Å². The van der Waals surface area contributed by atoms with Gasteiger partial charge >= 0.3 is 6.09 Å². The van der Waals surface area contributed by atoms with Crippen LogP contribution >= 0.6 is 0 Å². The summed E-state index contributed by atoms with van der Waals surface area (Å²) >= 11 is 0. The smallest absolute Gasteiger partial charge is 0.405 e. The average molecular weight is 173 g/mol. The van der Waals surface area contributed by atoms with Crippen molar-refractivity contribution in [2.75, 3.05) is 6.61 Å². The van der Waals surface area contributed by atoms with Crippen molar-refractivity contribution in [1.29, 1.82) is 0 Å². The number of carbonyl (C=O) groups is 2. The van der Waals surface area contributed by atoms with Gasteiger partial charge in [0.1, 0.15) is 12.6 Å². The van der Waals surface area contributed by atoms with E-state index in [4.69, 9.17) is 9.84 Å². The van der Waals surface area contributed by atoms with Crippen molar-refractivity contribution in [3.05, 3.63) is 0 Å². The van der Waals surface area contributed by atoms with Gasteiger partial charge in [0.15, 0.2) is 5.78 Å².